The maximum atomic E-state index is 11.3. The number of hydrogen-bond donors (Lipinski definition) is 2. The molecule has 12 heavy (non-hydrogen) atoms. The molecule has 2 N–H and O–H groups in total. The van der Waals surface area contributed by atoms with E-state index < -0.39 is 0 Å². The lowest BCUT2D eigenvalue weighted by molar-refractivity contribution is 0.0948. The van der Waals surface area contributed by atoms with Crippen LogP contribution in [0.5, 0.6) is 0 Å². The van der Waals surface area contributed by atoms with Crippen molar-refractivity contribution in [3.05, 3.63) is 11.4 Å². The monoisotopic (exact) mass is 168 g/mol. The Morgan fingerprint density at radius 2 is 2.33 bits per heavy atom. The van der Waals surface area contributed by atoms with Crippen molar-refractivity contribution in [1.29, 1.82) is 0 Å². The average molecular weight is 168 g/mol. The standard InChI is InChI=1S/C7H12N4O/c1-3-4-8-7(12)6-5(2)9-11-10-6/h3-4H2,1-2H3,(H,8,12)(H,9,10,11). The Morgan fingerprint density at radius 3 is 2.83 bits per heavy atom. The second-order valence-electron chi connectivity index (χ2n) is 2.51. The molecule has 0 aliphatic heterocycles. The summed E-state index contributed by atoms with van der Waals surface area (Å²) in [7, 11) is 0. The Bertz CT molecular complexity index is 268. The summed E-state index contributed by atoms with van der Waals surface area (Å²) in [6, 6.07) is 0. The van der Waals surface area contributed by atoms with Gasteiger partial charge in [0.15, 0.2) is 5.69 Å². The van der Waals surface area contributed by atoms with E-state index in [9.17, 15) is 4.79 Å². The Morgan fingerprint density at radius 1 is 1.58 bits per heavy atom. The third-order valence-corrected chi connectivity index (χ3v) is 1.47. The summed E-state index contributed by atoms with van der Waals surface area (Å²) in [5, 5.41) is 12.6. The van der Waals surface area contributed by atoms with Gasteiger partial charge in [-0.2, -0.15) is 15.4 Å². The van der Waals surface area contributed by atoms with E-state index >= 15 is 0 Å². The maximum absolute atomic E-state index is 11.3. The van der Waals surface area contributed by atoms with E-state index in [0.717, 1.165) is 6.42 Å². The fourth-order valence-electron chi connectivity index (χ4n) is 0.821. The minimum Gasteiger partial charge on any atom is -0.351 e. The van der Waals surface area contributed by atoms with E-state index in [1.165, 1.54) is 0 Å². The Balaban J connectivity index is 2.59. The molecule has 0 saturated heterocycles. The van der Waals surface area contributed by atoms with Crippen LogP contribution in [0.25, 0.3) is 0 Å². The number of carbonyl (C=O) groups is 1. The van der Waals surface area contributed by atoms with Crippen LogP contribution in [0, 0.1) is 6.92 Å². The molecular weight excluding hydrogens is 156 g/mol. The van der Waals surface area contributed by atoms with Crippen LogP contribution in [0.2, 0.25) is 0 Å². The van der Waals surface area contributed by atoms with Gasteiger partial charge in [-0.25, -0.2) is 0 Å². The van der Waals surface area contributed by atoms with E-state index in [0.29, 0.717) is 17.9 Å². The highest BCUT2D eigenvalue weighted by molar-refractivity contribution is 5.92. The van der Waals surface area contributed by atoms with E-state index in [-0.39, 0.29) is 5.91 Å². The smallest absolute Gasteiger partial charge is 0.273 e. The fourth-order valence-corrected chi connectivity index (χ4v) is 0.821. The van der Waals surface area contributed by atoms with Crippen LogP contribution >= 0.6 is 0 Å². The fraction of sp³-hybridized carbons (Fsp3) is 0.571. The zero-order valence-corrected chi connectivity index (χ0v) is 7.22. The summed E-state index contributed by atoms with van der Waals surface area (Å²) in [5.74, 6) is -0.164. The molecule has 0 aromatic carbocycles. The first kappa shape index (κ1) is 8.70. The number of carbonyl (C=O) groups excluding carboxylic acids is 1. The first-order valence-corrected chi connectivity index (χ1v) is 3.91. The molecule has 0 aliphatic carbocycles. The second kappa shape index (κ2) is 3.85. The highest BCUT2D eigenvalue weighted by atomic mass is 16.1. The Kier molecular flexibility index (Phi) is 2.79. The highest BCUT2D eigenvalue weighted by Gasteiger charge is 2.11. The topological polar surface area (TPSA) is 70.7 Å². The first-order chi connectivity index (χ1) is 5.75. The predicted molar refractivity (Wildman–Crippen MR) is 43.7 cm³/mol. The summed E-state index contributed by atoms with van der Waals surface area (Å²) in [6.07, 6.45) is 0.919. The molecule has 0 radical (unpaired) electrons. The summed E-state index contributed by atoms with van der Waals surface area (Å²) in [6.45, 7) is 4.41. The lowest BCUT2D eigenvalue weighted by Gasteiger charge is -1.98. The van der Waals surface area contributed by atoms with Crippen LogP contribution in [0.15, 0.2) is 0 Å². The number of H-pyrrole nitrogens is 1. The van der Waals surface area contributed by atoms with Crippen LogP contribution in [0.3, 0.4) is 0 Å². The molecule has 1 aromatic rings. The number of aromatic nitrogens is 3. The van der Waals surface area contributed by atoms with Crippen LogP contribution in [-0.4, -0.2) is 27.9 Å². The molecular formula is C7H12N4O. The van der Waals surface area contributed by atoms with E-state index in [4.69, 9.17) is 0 Å². The first-order valence-electron chi connectivity index (χ1n) is 3.91. The highest BCUT2D eigenvalue weighted by Crippen LogP contribution is 1.97. The Labute approximate surface area is 70.6 Å². The lowest BCUT2D eigenvalue weighted by atomic mass is 10.3. The van der Waals surface area contributed by atoms with Crippen molar-refractivity contribution in [3.8, 4) is 0 Å². The van der Waals surface area contributed by atoms with E-state index in [2.05, 4.69) is 20.7 Å². The number of nitrogens with zero attached hydrogens (tertiary/aromatic N) is 2. The van der Waals surface area contributed by atoms with Crippen molar-refractivity contribution in [2.75, 3.05) is 6.54 Å². The molecule has 0 atom stereocenters. The SMILES string of the molecule is CCCNC(=O)c1n[nH]nc1C. The molecule has 0 saturated carbocycles. The van der Waals surface area contributed by atoms with E-state index in [1.54, 1.807) is 6.92 Å². The molecule has 0 fully saturated rings. The molecule has 5 heteroatoms. The van der Waals surface area contributed by atoms with Crippen molar-refractivity contribution < 1.29 is 4.79 Å². The zero-order valence-electron chi connectivity index (χ0n) is 7.22. The Hall–Kier alpha value is -1.39. The van der Waals surface area contributed by atoms with Gasteiger partial charge < -0.3 is 5.32 Å². The van der Waals surface area contributed by atoms with Crippen molar-refractivity contribution in [2.24, 2.45) is 0 Å². The van der Waals surface area contributed by atoms with Crippen LogP contribution in [0.4, 0.5) is 0 Å². The van der Waals surface area contributed by atoms with Crippen LogP contribution in [0.1, 0.15) is 29.5 Å². The number of rotatable bonds is 3. The minimum absolute atomic E-state index is 0.164. The maximum Gasteiger partial charge on any atom is 0.273 e. The second-order valence-corrected chi connectivity index (χ2v) is 2.51. The average Bonchev–Trinajstić information content (AvgIpc) is 2.47. The number of amides is 1. The van der Waals surface area contributed by atoms with Crippen LogP contribution in [-0.2, 0) is 0 Å². The summed E-state index contributed by atoms with van der Waals surface area (Å²) < 4.78 is 0. The van der Waals surface area contributed by atoms with Crippen LogP contribution < -0.4 is 5.32 Å². The molecule has 0 bridgehead atoms. The van der Waals surface area contributed by atoms with Gasteiger partial charge in [-0.3, -0.25) is 4.79 Å². The normalized spacial score (nSPS) is 9.83. The van der Waals surface area contributed by atoms with Gasteiger partial charge >= 0.3 is 0 Å². The summed E-state index contributed by atoms with van der Waals surface area (Å²) >= 11 is 0. The third-order valence-electron chi connectivity index (χ3n) is 1.47. The largest absolute Gasteiger partial charge is 0.351 e. The van der Waals surface area contributed by atoms with Gasteiger partial charge in [0.1, 0.15) is 0 Å². The molecule has 1 heterocycles. The quantitative estimate of drug-likeness (QED) is 0.679. The van der Waals surface area contributed by atoms with Crippen molar-refractivity contribution in [1.82, 2.24) is 20.7 Å². The van der Waals surface area contributed by atoms with Gasteiger partial charge in [-0.05, 0) is 13.3 Å². The number of hydrogen-bond acceptors (Lipinski definition) is 3. The van der Waals surface area contributed by atoms with Crippen molar-refractivity contribution >= 4 is 5.91 Å². The molecule has 66 valence electrons. The van der Waals surface area contributed by atoms with Crippen molar-refractivity contribution in [2.45, 2.75) is 20.3 Å². The minimum atomic E-state index is -0.164. The van der Waals surface area contributed by atoms with Gasteiger partial charge in [0.2, 0.25) is 0 Å². The molecule has 0 aliphatic rings. The molecule has 0 spiro atoms. The summed E-state index contributed by atoms with van der Waals surface area (Å²) in [5.41, 5.74) is 1.01. The van der Waals surface area contributed by atoms with Gasteiger partial charge in [0, 0.05) is 6.54 Å². The van der Waals surface area contributed by atoms with Gasteiger partial charge in [0.05, 0.1) is 5.69 Å². The molecule has 0 unspecified atom stereocenters. The van der Waals surface area contributed by atoms with E-state index in [1.807, 2.05) is 6.92 Å². The molecule has 1 rings (SSSR count). The molecule has 5 nitrogen and oxygen atoms in total. The number of nitrogens with one attached hydrogen (secondary N) is 2. The zero-order chi connectivity index (χ0) is 8.97. The number of aryl methyl sites for hydroxylation is 1. The third kappa shape index (κ3) is 1.81. The molecule has 1 amide bonds. The van der Waals surface area contributed by atoms with Gasteiger partial charge in [-0.15, -0.1) is 0 Å². The predicted octanol–water partition coefficient (Wildman–Crippen LogP) is 0.253. The summed E-state index contributed by atoms with van der Waals surface area (Å²) in [4.78, 5) is 11.3. The van der Waals surface area contributed by atoms with Gasteiger partial charge in [0.25, 0.3) is 5.91 Å². The number of aromatic amines is 1. The van der Waals surface area contributed by atoms with Gasteiger partial charge in [-0.1, -0.05) is 6.92 Å². The molecule has 1 aromatic heterocycles. The van der Waals surface area contributed by atoms with Crippen molar-refractivity contribution in [3.63, 3.8) is 0 Å². The lowest BCUT2D eigenvalue weighted by Crippen LogP contribution is -2.25.